The van der Waals surface area contributed by atoms with E-state index in [0.29, 0.717) is 36.6 Å². The highest BCUT2D eigenvalue weighted by atomic mass is 32.2. The number of carbonyl (C=O) groups excluding carboxylic acids is 1. The molecule has 0 atom stereocenters. The maximum atomic E-state index is 13.0. The van der Waals surface area contributed by atoms with E-state index in [1.165, 1.54) is 24.3 Å². The lowest BCUT2D eigenvalue weighted by Gasteiger charge is -2.31. The molecule has 2 aromatic rings. The van der Waals surface area contributed by atoms with E-state index in [1.807, 2.05) is 0 Å². The van der Waals surface area contributed by atoms with Gasteiger partial charge in [0, 0.05) is 24.3 Å². The standard InChI is InChI=1S/C20H23FN2O3S/c1-14(2)12-23-19-9-8-18(11-16(19)5-10-20(23)24)22-27(25,26)13-15-3-6-17(21)7-4-15/h3-4,6-9,11,14,22H,5,10,12-13H2,1-2H3. The summed E-state index contributed by atoms with van der Waals surface area (Å²) in [7, 11) is -3.62. The molecule has 2 aromatic carbocycles. The smallest absolute Gasteiger partial charge is 0.236 e. The molecular weight excluding hydrogens is 367 g/mol. The SMILES string of the molecule is CC(C)CN1C(=O)CCc2cc(NS(=O)(=O)Cc3ccc(F)cc3)ccc21. The van der Waals surface area contributed by atoms with Gasteiger partial charge in [0.2, 0.25) is 15.9 Å². The van der Waals surface area contributed by atoms with Crippen LogP contribution in [0.5, 0.6) is 0 Å². The van der Waals surface area contributed by atoms with Crippen molar-refractivity contribution < 1.29 is 17.6 Å². The number of hydrogen-bond donors (Lipinski definition) is 1. The fourth-order valence-electron chi connectivity index (χ4n) is 3.20. The van der Waals surface area contributed by atoms with Crippen molar-refractivity contribution in [2.75, 3.05) is 16.2 Å². The Balaban J connectivity index is 1.78. The van der Waals surface area contributed by atoms with Crippen LogP contribution in [-0.4, -0.2) is 20.9 Å². The van der Waals surface area contributed by atoms with E-state index in [1.54, 1.807) is 23.1 Å². The summed E-state index contributed by atoms with van der Waals surface area (Å²) in [6.07, 6.45) is 1.02. The van der Waals surface area contributed by atoms with Crippen LogP contribution in [-0.2, 0) is 27.0 Å². The number of carbonyl (C=O) groups is 1. The number of nitrogens with one attached hydrogen (secondary N) is 1. The second-order valence-electron chi connectivity index (χ2n) is 7.23. The Kier molecular flexibility index (Phi) is 5.51. The molecule has 3 rings (SSSR count). The summed E-state index contributed by atoms with van der Waals surface area (Å²) >= 11 is 0. The van der Waals surface area contributed by atoms with Gasteiger partial charge in [-0.15, -0.1) is 0 Å². The number of amides is 1. The zero-order chi connectivity index (χ0) is 19.6. The van der Waals surface area contributed by atoms with Gasteiger partial charge in [0.25, 0.3) is 0 Å². The zero-order valence-electron chi connectivity index (χ0n) is 15.4. The Morgan fingerprint density at radius 1 is 1.11 bits per heavy atom. The largest absolute Gasteiger partial charge is 0.312 e. The van der Waals surface area contributed by atoms with Crippen LogP contribution in [0.2, 0.25) is 0 Å². The molecule has 1 heterocycles. The fraction of sp³-hybridized carbons (Fsp3) is 0.350. The molecule has 7 heteroatoms. The molecule has 0 saturated heterocycles. The fourth-order valence-corrected chi connectivity index (χ4v) is 4.39. The van der Waals surface area contributed by atoms with Crippen molar-refractivity contribution in [1.82, 2.24) is 0 Å². The van der Waals surface area contributed by atoms with E-state index >= 15 is 0 Å². The minimum absolute atomic E-state index is 0.0980. The molecule has 0 saturated carbocycles. The van der Waals surface area contributed by atoms with Crippen molar-refractivity contribution >= 4 is 27.3 Å². The molecule has 0 spiro atoms. The van der Waals surface area contributed by atoms with Crippen molar-refractivity contribution in [1.29, 1.82) is 0 Å². The van der Waals surface area contributed by atoms with Gasteiger partial charge in [-0.1, -0.05) is 26.0 Å². The summed E-state index contributed by atoms with van der Waals surface area (Å²) in [5.41, 5.74) is 2.78. The van der Waals surface area contributed by atoms with Gasteiger partial charge in [-0.2, -0.15) is 0 Å². The third kappa shape index (κ3) is 4.86. The first kappa shape index (κ1) is 19.4. The van der Waals surface area contributed by atoms with Gasteiger partial charge in [-0.25, -0.2) is 12.8 Å². The van der Waals surface area contributed by atoms with E-state index in [4.69, 9.17) is 0 Å². The molecule has 1 amide bonds. The summed E-state index contributed by atoms with van der Waals surface area (Å²) in [4.78, 5) is 14.0. The van der Waals surface area contributed by atoms with Crippen LogP contribution >= 0.6 is 0 Å². The summed E-state index contributed by atoms with van der Waals surface area (Å²) in [6.45, 7) is 4.75. The van der Waals surface area contributed by atoms with E-state index < -0.39 is 15.8 Å². The highest BCUT2D eigenvalue weighted by Gasteiger charge is 2.25. The summed E-state index contributed by atoms with van der Waals surface area (Å²) in [5.74, 6) is -0.198. The third-order valence-corrected chi connectivity index (χ3v) is 5.63. The van der Waals surface area contributed by atoms with Crippen molar-refractivity contribution in [2.45, 2.75) is 32.4 Å². The van der Waals surface area contributed by atoms with Crippen LogP contribution in [0.25, 0.3) is 0 Å². The van der Waals surface area contributed by atoms with Crippen LogP contribution < -0.4 is 9.62 Å². The van der Waals surface area contributed by atoms with E-state index in [9.17, 15) is 17.6 Å². The van der Waals surface area contributed by atoms with Gasteiger partial charge in [0.1, 0.15) is 5.82 Å². The second kappa shape index (κ2) is 7.68. The predicted molar refractivity (Wildman–Crippen MR) is 105 cm³/mol. The molecule has 1 N–H and O–H groups in total. The highest BCUT2D eigenvalue weighted by molar-refractivity contribution is 7.91. The number of benzene rings is 2. The Bertz CT molecular complexity index is 940. The molecule has 0 aliphatic carbocycles. The normalized spacial score (nSPS) is 14.4. The first-order chi connectivity index (χ1) is 12.7. The number of rotatable bonds is 6. The molecule has 0 aromatic heterocycles. The quantitative estimate of drug-likeness (QED) is 0.818. The number of fused-ring (bicyclic) bond motifs is 1. The number of aryl methyl sites for hydroxylation is 1. The predicted octanol–water partition coefficient (Wildman–Crippen LogP) is 3.70. The lowest BCUT2D eigenvalue weighted by Crippen LogP contribution is -2.37. The molecule has 1 aliphatic rings. The molecule has 0 bridgehead atoms. The molecule has 144 valence electrons. The lowest BCUT2D eigenvalue weighted by molar-refractivity contribution is -0.119. The van der Waals surface area contributed by atoms with Crippen molar-refractivity contribution in [3.8, 4) is 0 Å². The van der Waals surface area contributed by atoms with Gasteiger partial charge in [0.15, 0.2) is 0 Å². The van der Waals surface area contributed by atoms with Crippen molar-refractivity contribution in [3.05, 3.63) is 59.4 Å². The van der Waals surface area contributed by atoms with Crippen LogP contribution in [0.3, 0.4) is 0 Å². The monoisotopic (exact) mass is 390 g/mol. The first-order valence-corrected chi connectivity index (χ1v) is 10.6. The average molecular weight is 390 g/mol. The molecule has 0 unspecified atom stereocenters. The summed E-state index contributed by atoms with van der Waals surface area (Å²) in [5, 5.41) is 0. The number of halogens is 1. The second-order valence-corrected chi connectivity index (χ2v) is 8.95. The summed E-state index contributed by atoms with van der Waals surface area (Å²) < 4.78 is 40.4. The minimum Gasteiger partial charge on any atom is -0.312 e. The van der Waals surface area contributed by atoms with Gasteiger partial charge < -0.3 is 4.90 Å². The molecule has 0 radical (unpaired) electrons. The Morgan fingerprint density at radius 2 is 1.81 bits per heavy atom. The third-order valence-electron chi connectivity index (χ3n) is 4.37. The Hall–Kier alpha value is -2.41. The number of nitrogens with zero attached hydrogens (tertiary/aromatic N) is 1. The van der Waals surface area contributed by atoms with Crippen LogP contribution in [0.15, 0.2) is 42.5 Å². The topological polar surface area (TPSA) is 66.5 Å². The maximum absolute atomic E-state index is 13.0. The minimum atomic E-state index is -3.62. The molecule has 27 heavy (non-hydrogen) atoms. The van der Waals surface area contributed by atoms with Crippen LogP contribution in [0, 0.1) is 11.7 Å². The van der Waals surface area contributed by atoms with Crippen molar-refractivity contribution in [2.24, 2.45) is 5.92 Å². The first-order valence-electron chi connectivity index (χ1n) is 8.92. The van der Waals surface area contributed by atoms with Gasteiger partial charge >= 0.3 is 0 Å². The van der Waals surface area contributed by atoms with Gasteiger partial charge in [-0.05, 0) is 53.8 Å². The Labute approximate surface area is 159 Å². The number of hydrogen-bond acceptors (Lipinski definition) is 3. The lowest BCUT2D eigenvalue weighted by atomic mass is 9.99. The molecule has 1 aliphatic heterocycles. The molecule has 0 fully saturated rings. The van der Waals surface area contributed by atoms with Gasteiger partial charge in [0.05, 0.1) is 5.75 Å². The van der Waals surface area contributed by atoms with Crippen LogP contribution in [0.4, 0.5) is 15.8 Å². The maximum Gasteiger partial charge on any atom is 0.236 e. The van der Waals surface area contributed by atoms with E-state index in [-0.39, 0.29) is 11.7 Å². The Morgan fingerprint density at radius 3 is 2.48 bits per heavy atom. The van der Waals surface area contributed by atoms with Crippen LogP contribution in [0.1, 0.15) is 31.4 Å². The average Bonchev–Trinajstić information content (AvgIpc) is 2.58. The zero-order valence-corrected chi connectivity index (χ0v) is 16.2. The number of sulfonamides is 1. The molecular formula is C20H23FN2O3S. The highest BCUT2D eigenvalue weighted by Crippen LogP contribution is 2.31. The van der Waals surface area contributed by atoms with Crippen molar-refractivity contribution in [3.63, 3.8) is 0 Å². The summed E-state index contributed by atoms with van der Waals surface area (Å²) in [6, 6.07) is 10.6. The number of anilines is 2. The van der Waals surface area contributed by atoms with E-state index in [2.05, 4.69) is 18.6 Å². The molecule has 5 nitrogen and oxygen atoms in total. The van der Waals surface area contributed by atoms with E-state index in [0.717, 1.165) is 11.3 Å². The van der Waals surface area contributed by atoms with Gasteiger partial charge in [-0.3, -0.25) is 9.52 Å².